The first-order valence-electron chi connectivity index (χ1n) is 9.26. The maximum atomic E-state index is 12.4. The Balaban J connectivity index is 1.55. The number of aromatic nitrogens is 3. The smallest absolute Gasteiger partial charge is 0.251 e. The Bertz CT molecular complexity index is 1050. The number of amides is 2. The maximum absolute atomic E-state index is 12.4. The van der Waals surface area contributed by atoms with E-state index in [2.05, 4.69) is 43.4 Å². The first-order chi connectivity index (χ1) is 14.3. The second kappa shape index (κ2) is 10.1. The first-order valence-corrected chi connectivity index (χ1v) is 11.3. The summed E-state index contributed by atoms with van der Waals surface area (Å²) in [5.74, 6) is 0.559. The molecular weight excluding hydrogens is 513 g/mol. The third kappa shape index (κ3) is 5.60. The summed E-state index contributed by atoms with van der Waals surface area (Å²) in [6.07, 6.45) is 0. The minimum atomic E-state index is -0.171. The van der Waals surface area contributed by atoms with Crippen LogP contribution < -0.4 is 10.6 Å². The van der Waals surface area contributed by atoms with E-state index >= 15 is 0 Å². The van der Waals surface area contributed by atoms with E-state index in [9.17, 15) is 9.59 Å². The van der Waals surface area contributed by atoms with Gasteiger partial charge in [0, 0.05) is 21.9 Å². The Labute approximate surface area is 193 Å². The van der Waals surface area contributed by atoms with E-state index in [1.807, 2.05) is 51.2 Å². The van der Waals surface area contributed by atoms with Crippen molar-refractivity contribution in [3.05, 3.63) is 68.5 Å². The molecule has 0 radical (unpaired) electrons. The van der Waals surface area contributed by atoms with Crippen molar-refractivity contribution in [1.82, 2.24) is 20.1 Å². The van der Waals surface area contributed by atoms with Crippen LogP contribution in [0.4, 0.5) is 5.69 Å². The maximum Gasteiger partial charge on any atom is 0.251 e. The van der Waals surface area contributed by atoms with Crippen LogP contribution in [0.25, 0.3) is 0 Å². The first kappa shape index (κ1) is 22.3. The summed E-state index contributed by atoms with van der Waals surface area (Å²) in [6, 6.07) is 13.1. The minimum Gasteiger partial charge on any atom is -0.345 e. The van der Waals surface area contributed by atoms with Crippen LogP contribution in [0.15, 0.2) is 47.6 Å². The number of aryl methyl sites for hydroxylation is 2. The van der Waals surface area contributed by atoms with Crippen LogP contribution in [0.3, 0.4) is 0 Å². The largest absolute Gasteiger partial charge is 0.345 e. The quantitative estimate of drug-likeness (QED) is 0.356. The second-order valence-electron chi connectivity index (χ2n) is 6.76. The van der Waals surface area contributed by atoms with Crippen molar-refractivity contribution < 1.29 is 9.59 Å². The molecule has 0 fully saturated rings. The average molecular weight is 535 g/mol. The van der Waals surface area contributed by atoms with Gasteiger partial charge in [0.25, 0.3) is 5.91 Å². The Morgan fingerprint density at radius 1 is 1.10 bits per heavy atom. The van der Waals surface area contributed by atoms with Crippen molar-refractivity contribution in [2.75, 3.05) is 11.1 Å². The predicted octanol–water partition coefficient (Wildman–Crippen LogP) is 3.70. The van der Waals surface area contributed by atoms with E-state index in [0.717, 1.165) is 20.4 Å². The average Bonchev–Trinajstić information content (AvgIpc) is 3.07. The summed E-state index contributed by atoms with van der Waals surface area (Å²) in [5.41, 5.74) is 3.51. The van der Waals surface area contributed by atoms with E-state index in [4.69, 9.17) is 0 Å². The molecule has 2 amide bonds. The fourth-order valence-corrected chi connectivity index (χ4v) is 4.55. The van der Waals surface area contributed by atoms with Crippen LogP contribution in [0, 0.1) is 17.4 Å². The SMILES string of the molecule is Cc1cc(I)cc(C)c1NC(=O)CSc1nnc(CNC(=O)c2ccccc2)n1C. The number of anilines is 1. The second-order valence-corrected chi connectivity index (χ2v) is 8.95. The Hall–Kier alpha value is -2.40. The molecule has 1 aromatic heterocycles. The predicted molar refractivity (Wildman–Crippen MR) is 127 cm³/mol. The minimum absolute atomic E-state index is 0.102. The molecule has 0 atom stereocenters. The van der Waals surface area contributed by atoms with Crippen molar-refractivity contribution in [3.8, 4) is 0 Å². The van der Waals surface area contributed by atoms with Gasteiger partial charge < -0.3 is 15.2 Å². The highest BCUT2D eigenvalue weighted by Gasteiger charge is 2.14. The molecule has 0 aliphatic carbocycles. The number of halogens is 1. The lowest BCUT2D eigenvalue weighted by atomic mass is 10.1. The fraction of sp³-hybridized carbons (Fsp3) is 0.238. The number of benzene rings is 2. The number of hydrogen-bond donors (Lipinski definition) is 2. The summed E-state index contributed by atoms with van der Waals surface area (Å²) in [4.78, 5) is 24.6. The van der Waals surface area contributed by atoms with E-state index in [0.29, 0.717) is 16.5 Å². The van der Waals surface area contributed by atoms with Gasteiger partial charge in [0.2, 0.25) is 5.91 Å². The molecule has 0 aliphatic rings. The summed E-state index contributed by atoms with van der Waals surface area (Å²) in [6.45, 7) is 4.22. The fourth-order valence-electron chi connectivity index (χ4n) is 2.89. The molecule has 0 spiro atoms. The number of carbonyl (C=O) groups excluding carboxylic acids is 2. The van der Waals surface area contributed by atoms with E-state index in [1.165, 1.54) is 11.8 Å². The lowest BCUT2D eigenvalue weighted by molar-refractivity contribution is -0.113. The number of nitrogens with one attached hydrogen (secondary N) is 2. The molecule has 9 heteroatoms. The molecule has 3 rings (SSSR count). The molecule has 2 aromatic carbocycles. The summed E-state index contributed by atoms with van der Waals surface area (Å²) in [5, 5.41) is 14.7. The standard InChI is InChI=1S/C21H22IN5O2S/c1-13-9-16(22)10-14(2)19(13)24-18(28)12-30-21-26-25-17(27(21)3)11-23-20(29)15-7-5-4-6-8-15/h4-10H,11-12H2,1-3H3,(H,23,29)(H,24,28). The van der Waals surface area contributed by atoms with Gasteiger partial charge in [0.1, 0.15) is 0 Å². The van der Waals surface area contributed by atoms with Crippen molar-refractivity contribution in [2.45, 2.75) is 25.5 Å². The van der Waals surface area contributed by atoms with Crippen LogP contribution in [-0.4, -0.2) is 32.3 Å². The molecule has 2 N–H and O–H groups in total. The van der Waals surface area contributed by atoms with Crippen LogP contribution in [0.2, 0.25) is 0 Å². The zero-order valence-electron chi connectivity index (χ0n) is 16.9. The van der Waals surface area contributed by atoms with Crippen LogP contribution in [0.1, 0.15) is 27.3 Å². The number of hydrogen-bond acceptors (Lipinski definition) is 5. The van der Waals surface area contributed by atoms with Crippen molar-refractivity contribution in [2.24, 2.45) is 7.05 Å². The molecule has 7 nitrogen and oxygen atoms in total. The van der Waals surface area contributed by atoms with E-state index in [1.54, 1.807) is 16.7 Å². The van der Waals surface area contributed by atoms with Gasteiger partial charge in [0.05, 0.1) is 12.3 Å². The van der Waals surface area contributed by atoms with Gasteiger partial charge in [-0.3, -0.25) is 9.59 Å². The topological polar surface area (TPSA) is 88.9 Å². The molecule has 30 heavy (non-hydrogen) atoms. The third-order valence-corrected chi connectivity index (χ3v) is 6.11. The number of nitrogens with zero attached hydrogens (tertiary/aromatic N) is 3. The molecule has 0 saturated carbocycles. The highest BCUT2D eigenvalue weighted by Crippen LogP contribution is 2.24. The van der Waals surface area contributed by atoms with Gasteiger partial charge in [-0.15, -0.1) is 10.2 Å². The highest BCUT2D eigenvalue weighted by atomic mass is 127. The summed E-state index contributed by atoms with van der Waals surface area (Å²) in [7, 11) is 1.82. The Kier molecular flexibility index (Phi) is 7.48. The van der Waals surface area contributed by atoms with Crippen LogP contribution >= 0.6 is 34.4 Å². The molecule has 0 unspecified atom stereocenters. The van der Waals surface area contributed by atoms with Gasteiger partial charge in [0.15, 0.2) is 11.0 Å². The lowest BCUT2D eigenvalue weighted by Gasteiger charge is -2.12. The molecule has 3 aromatic rings. The van der Waals surface area contributed by atoms with Gasteiger partial charge >= 0.3 is 0 Å². The van der Waals surface area contributed by atoms with Gasteiger partial charge in [-0.05, 0) is 71.8 Å². The van der Waals surface area contributed by atoms with Gasteiger partial charge in [-0.25, -0.2) is 0 Å². The zero-order chi connectivity index (χ0) is 21.7. The monoisotopic (exact) mass is 535 g/mol. The zero-order valence-corrected chi connectivity index (χ0v) is 19.9. The molecule has 156 valence electrons. The molecule has 1 heterocycles. The molecular formula is C21H22IN5O2S. The number of thioether (sulfide) groups is 1. The molecule has 0 bridgehead atoms. The van der Waals surface area contributed by atoms with Crippen LogP contribution in [-0.2, 0) is 18.4 Å². The van der Waals surface area contributed by atoms with E-state index < -0.39 is 0 Å². The summed E-state index contributed by atoms with van der Waals surface area (Å²) < 4.78 is 2.92. The van der Waals surface area contributed by atoms with Gasteiger partial charge in [-0.2, -0.15) is 0 Å². The van der Waals surface area contributed by atoms with Crippen molar-refractivity contribution in [3.63, 3.8) is 0 Å². The van der Waals surface area contributed by atoms with E-state index in [-0.39, 0.29) is 24.1 Å². The number of rotatable bonds is 7. The Morgan fingerprint density at radius 2 is 1.77 bits per heavy atom. The summed E-state index contributed by atoms with van der Waals surface area (Å²) >= 11 is 3.57. The lowest BCUT2D eigenvalue weighted by Crippen LogP contribution is -2.24. The van der Waals surface area contributed by atoms with Crippen molar-refractivity contribution >= 4 is 51.9 Å². The number of carbonyl (C=O) groups is 2. The highest BCUT2D eigenvalue weighted by molar-refractivity contribution is 14.1. The van der Waals surface area contributed by atoms with Crippen LogP contribution in [0.5, 0.6) is 0 Å². The molecule has 0 saturated heterocycles. The molecule has 0 aliphatic heterocycles. The Morgan fingerprint density at radius 3 is 2.43 bits per heavy atom. The van der Waals surface area contributed by atoms with Gasteiger partial charge in [-0.1, -0.05) is 30.0 Å². The normalized spacial score (nSPS) is 10.7. The third-order valence-electron chi connectivity index (χ3n) is 4.46. The van der Waals surface area contributed by atoms with Crippen molar-refractivity contribution in [1.29, 1.82) is 0 Å².